The maximum atomic E-state index is 10.9. The van der Waals surface area contributed by atoms with Gasteiger partial charge in [0.2, 0.25) is 0 Å². The molecule has 0 saturated carbocycles. The van der Waals surface area contributed by atoms with Crippen molar-refractivity contribution in [2.75, 3.05) is 13.7 Å². The number of unbranched alkanes of at least 4 members (excludes halogenated alkanes) is 11. The van der Waals surface area contributed by atoms with Crippen LogP contribution in [0.4, 0.5) is 0 Å². The number of hydrogen-bond acceptors (Lipinski definition) is 3. The Morgan fingerprint density at radius 2 is 1.21 bits per heavy atom. The van der Waals surface area contributed by atoms with E-state index in [1.165, 1.54) is 77.7 Å². The molecule has 144 valence electrons. The molecule has 0 atom stereocenters. The van der Waals surface area contributed by atoms with E-state index in [4.69, 9.17) is 5.11 Å². The Balaban J connectivity index is 0. The summed E-state index contributed by atoms with van der Waals surface area (Å²) < 4.78 is 4.62. The minimum absolute atomic E-state index is 0.0763. The topological polar surface area (TPSA) is 46.5 Å². The number of carbonyl (C=O) groups excluding carboxylic acids is 1. The minimum atomic E-state index is -0.0763. The highest BCUT2D eigenvalue weighted by molar-refractivity contribution is 5.68. The number of aliphatic hydroxyl groups is 1. The summed E-state index contributed by atoms with van der Waals surface area (Å²) in [7, 11) is 1.46. The highest BCUT2D eigenvalue weighted by Gasteiger charge is 1.98. The van der Waals surface area contributed by atoms with Gasteiger partial charge in [0.15, 0.2) is 0 Å². The molecule has 0 saturated heterocycles. The molecule has 0 amide bonds. The molecular weight excluding hydrogens is 300 g/mol. The molecule has 0 aromatic rings. The van der Waals surface area contributed by atoms with Gasteiger partial charge in [-0.25, -0.2) is 0 Å². The SMILES string of the molecule is CCCCCCCCC=CCCCCCCCC(=O)OC.CCO. The van der Waals surface area contributed by atoms with Crippen molar-refractivity contribution in [1.82, 2.24) is 0 Å². The van der Waals surface area contributed by atoms with Crippen LogP contribution >= 0.6 is 0 Å². The predicted molar refractivity (Wildman–Crippen MR) is 104 cm³/mol. The van der Waals surface area contributed by atoms with Gasteiger partial charge in [0.1, 0.15) is 0 Å². The van der Waals surface area contributed by atoms with Gasteiger partial charge in [-0.3, -0.25) is 4.79 Å². The molecule has 0 spiro atoms. The molecule has 0 unspecified atom stereocenters. The fraction of sp³-hybridized carbons (Fsp3) is 0.857. The lowest BCUT2D eigenvalue weighted by atomic mass is 10.1. The van der Waals surface area contributed by atoms with Crippen LogP contribution in [0.1, 0.15) is 104 Å². The van der Waals surface area contributed by atoms with Gasteiger partial charge >= 0.3 is 5.97 Å². The van der Waals surface area contributed by atoms with Crippen LogP contribution < -0.4 is 0 Å². The highest BCUT2D eigenvalue weighted by Crippen LogP contribution is 2.10. The van der Waals surface area contributed by atoms with Gasteiger partial charge in [0.05, 0.1) is 7.11 Å². The first-order valence-corrected chi connectivity index (χ1v) is 10.1. The molecule has 0 rings (SSSR count). The van der Waals surface area contributed by atoms with Crippen molar-refractivity contribution in [2.45, 2.75) is 104 Å². The minimum Gasteiger partial charge on any atom is -0.469 e. The van der Waals surface area contributed by atoms with Crippen LogP contribution in [-0.4, -0.2) is 24.8 Å². The van der Waals surface area contributed by atoms with Crippen molar-refractivity contribution in [3.8, 4) is 0 Å². The molecule has 3 heteroatoms. The second-order valence-corrected chi connectivity index (χ2v) is 6.23. The zero-order valence-electron chi connectivity index (χ0n) is 16.5. The molecule has 3 nitrogen and oxygen atoms in total. The largest absolute Gasteiger partial charge is 0.469 e. The van der Waals surface area contributed by atoms with Gasteiger partial charge in [-0.05, 0) is 39.0 Å². The lowest BCUT2D eigenvalue weighted by Gasteiger charge is -2.00. The molecule has 0 aliphatic rings. The van der Waals surface area contributed by atoms with E-state index in [1.54, 1.807) is 6.92 Å². The number of allylic oxidation sites excluding steroid dienone is 2. The van der Waals surface area contributed by atoms with Crippen LogP contribution in [0.25, 0.3) is 0 Å². The van der Waals surface area contributed by atoms with Crippen molar-refractivity contribution in [2.24, 2.45) is 0 Å². The first kappa shape index (κ1) is 25.4. The number of aliphatic hydroxyl groups excluding tert-OH is 1. The van der Waals surface area contributed by atoms with E-state index in [1.807, 2.05) is 0 Å². The Labute approximate surface area is 150 Å². The Kier molecular flexibility index (Phi) is 25.9. The van der Waals surface area contributed by atoms with Crippen LogP contribution in [0.3, 0.4) is 0 Å². The maximum absolute atomic E-state index is 10.9. The number of carbonyl (C=O) groups is 1. The summed E-state index contributed by atoms with van der Waals surface area (Å²) in [5.74, 6) is -0.0763. The summed E-state index contributed by atoms with van der Waals surface area (Å²) in [6, 6.07) is 0. The third kappa shape index (κ3) is 26.1. The molecule has 0 aromatic carbocycles. The summed E-state index contributed by atoms with van der Waals surface area (Å²) in [5.41, 5.74) is 0. The molecular formula is C21H42O3. The van der Waals surface area contributed by atoms with E-state index >= 15 is 0 Å². The first-order chi connectivity index (χ1) is 11.7. The van der Waals surface area contributed by atoms with E-state index in [0.29, 0.717) is 6.42 Å². The van der Waals surface area contributed by atoms with Crippen LogP contribution in [0, 0.1) is 0 Å². The van der Waals surface area contributed by atoms with Crippen molar-refractivity contribution < 1.29 is 14.6 Å². The van der Waals surface area contributed by atoms with Gasteiger partial charge in [-0.1, -0.05) is 70.4 Å². The zero-order chi connectivity index (χ0) is 18.3. The summed E-state index contributed by atoms with van der Waals surface area (Å²) in [6.07, 6.45) is 22.0. The van der Waals surface area contributed by atoms with Crippen molar-refractivity contribution in [3.05, 3.63) is 12.2 Å². The summed E-state index contributed by atoms with van der Waals surface area (Å²) in [6.45, 7) is 4.20. The van der Waals surface area contributed by atoms with Gasteiger partial charge < -0.3 is 9.84 Å². The van der Waals surface area contributed by atoms with Crippen LogP contribution in [0.5, 0.6) is 0 Å². The number of methoxy groups -OCH3 is 1. The lowest BCUT2D eigenvalue weighted by Crippen LogP contribution is -1.98. The Morgan fingerprint density at radius 3 is 1.67 bits per heavy atom. The quantitative estimate of drug-likeness (QED) is 0.219. The predicted octanol–water partition coefficient (Wildman–Crippen LogP) is 6.20. The summed E-state index contributed by atoms with van der Waals surface area (Å²) >= 11 is 0. The second-order valence-electron chi connectivity index (χ2n) is 6.23. The Hall–Kier alpha value is -0.830. The van der Waals surface area contributed by atoms with E-state index in [0.717, 1.165) is 12.8 Å². The molecule has 0 aliphatic carbocycles. The zero-order valence-corrected chi connectivity index (χ0v) is 16.5. The lowest BCUT2D eigenvalue weighted by molar-refractivity contribution is -0.140. The molecule has 0 bridgehead atoms. The van der Waals surface area contributed by atoms with Crippen LogP contribution in [-0.2, 0) is 9.53 Å². The highest BCUT2D eigenvalue weighted by atomic mass is 16.5. The van der Waals surface area contributed by atoms with E-state index in [9.17, 15) is 4.79 Å². The summed E-state index contributed by atoms with van der Waals surface area (Å²) in [4.78, 5) is 10.9. The number of esters is 1. The van der Waals surface area contributed by atoms with Gasteiger partial charge in [0, 0.05) is 13.0 Å². The monoisotopic (exact) mass is 342 g/mol. The van der Waals surface area contributed by atoms with Crippen molar-refractivity contribution >= 4 is 5.97 Å². The third-order valence-electron chi connectivity index (χ3n) is 3.87. The van der Waals surface area contributed by atoms with Crippen LogP contribution in [0.15, 0.2) is 12.2 Å². The fourth-order valence-corrected chi connectivity index (χ4v) is 2.44. The Morgan fingerprint density at radius 1 is 0.792 bits per heavy atom. The van der Waals surface area contributed by atoms with Crippen molar-refractivity contribution in [1.29, 1.82) is 0 Å². The fourth-order valence-electron chi connectivity index (χ4n) is 2.44. The van der Waals surface area contributed by atoms with Gasteiger partial charge in [-0.2, -0.15) is 0 Å². The van der Waals surface area contributed by atoms with E-state index in [2.05, 4.69) is 23.8 Å². The van der Waals surface area contributed by atoms with Crippen LogP contribution in [0.2, 0.25) is 0 Å². The van der Waals surface area contributed by atoms with Crippen molar-refractivity contribution in [3.63, 3.8) is 0 Å². The smallest absolute Gasteiger partial charge is 0.305 e. The average molecular weight is 343 g/mol. The molecule has 0 aromatic heterocycles. The standard InChI is InChI=1S/C19H36O2.C2H6O/c1-3-4-5-6-7-8-9-10-11-12-13-14-15-16-17-18-19(20)21-2;1-2-3/h10-11H,3-9,12-18H2,1-2H3;3H,2H2,1H3. The molecule has 0 heterocycles. The number of hydrogen-bond donors (Lipinski definition) is 1. The number of ether oxygens (including phenoxy) is 1. The van der Waals surface area contributed by atoms with Gasteiger partial charge in [-0.15, -0.1) is 0 Å². The van der Waals surface area contributed by atoms with E-state index < -0.39 is 0 Å². The molecule has 1 N–H and O–H groups in total. The van der Waals surface area contributed by atoms with Gasteiger partial charge in [0.25, 0.3) is 0 Å². The second kappa shape index (κ2) is 24.4. The molecule has 24 heavy (non-hydrogen) atoms. The van der Waals surface area contributed by atoms with E-state index in [-0.39, 0.29) is 12.6 Å². The molecule has 0 fully saturated rings. The first-order valence-electron chi connectivity index (χ1n) is 10.1. The Bertz CT molecular complexity index is 262. The normalized spacial score (nSPS) is 10.5. The maximum Gasteiger partial charge on any atom is 0.305 e. The summed E-state index contributed by atoms with van der Waals surface area (Å²) in [5, 5.41) is 7.57. The molecule has 0 aliphatic heterocycles. The average Bonchev–Trinajstić information content (AvgIpc) is 2.58. The third-order valence-corrected chi connectivity index (χ3v) is 3.87. The number of rotatable bonds is 15. The molecule has 0 radical (unpaired) electrons.